The molecule has 0 radical (unpaired) electrons. The minimum atomic E-state index is -2.53. The highest BCUT2D eigenvalue weighted by Gasteiger charge is 2.19. The normalized spacial score (nSPS) is 12.8. The molecule has 1 atom stereocenters. The third-order valence-corrected chi connectivity index (χ3v) is 6.91. The highest BCUT2D eigenvalue weighted by molar-refractivity contribution is 7.93. The van der Waals surface area contributed by atoms with Crippen LogP contribution in [0.1, 0.15) is 38.1 Å². The Morgan fingerprint density at radius 2 is 1.53 bits per heavy atom. The van der Waals surface area contributed by atoms with Crippen molar-refractivity contribution in [3.63, 3.8) is 0 Å². The molecule has 36 heavy (non-hydrogen) atoms. The average molecular weight is 512 g/mol. The molecule has 0 bridgehead atoms. The highest BCUT2D eigenvalue weighted by Crippen LogP contribution is 2.30. The fourth-order valence-electron chi connectivity index (χ4n) is 3.37. The fraction of sp³-hybridized carbons (Fsp3) is 0.259. The van der Waals surface area contributed by atoms with Crippen LogP contribution in [0.4, 0.5) is 20.6 Å². The summed E-state index contributed by atoms with van der Waals surface area (Å²) in [5, 5.41) is 5.49. The van der Waals surface area contributed by atoms with Gasteiger partial charge in [0.15, 0.2) is 0 Å². The lowest BCUT2D eigenvalue weighted by atomic mass is 10.0. The van der Waals surface area contributed by atoms with Crippen LogP contribution in [0.3, 0.4) is 0 Å². The first-order chi connectivity index (χ1) is 16.9. The van der Waals surface area contributed by atoms with Gasteiger partial charge in [0.05, 0.1) is 21.1 Å². The predicted molar refractivity (Wildman–Crippen MR) is 141 cm³/mol. The van der Waals surface area contributed by atoms with Crippen molar-refractivity contribution < 1.29 is 22.9 Å². The van der Waals surface area contributed by atoms with Gasteiger partial charge in [-0.15, -0.1) is 0 Å². The van der Waals surface area contributed by atoms with E-state index in [-0.39, 0.29) is 5.82 Å². The number of amides is 2. The van der Waals surface area contributed by atoms with Gasteiger partial charge in [-0.05, 0) is 87.4 Å². The van der Waals surface area contributed by atoms with Crippen LogP contribution in [0.2, 0.25) is 0 Å². The van der Waals surface area contributed by atoms with E-state index in [1.165, 1.54) is 12.1 Å². The zero-order chi connectivity index (χ0) is 26.5. The molecule has 0 spiro atoms. The molecule has 0 aliphatic heterocycles. The third kappa shape index (κ3) is 7.14. The molecular weight excluding hydrogens is 481 g/mol. The number of carbonyl (C=O) groups is 2. The Morgan fingerprint density at radius 1 is 0.917 bits per heavy atom. The minimum absolute atomic E-state index is 0.331. The topological polar surface area (TPSA) is 96.9 Å². The van der Waals surface area contributed by atoms with Crippen LogP contribution < -0.4 is 10.6 Å². The molecule has 1 unspecified atom stereocenters. The van der Waals surface area contributed by atoms with Crippen molar-refractivity contribution in [1.82, 2.24) is 0 Å². The molecule has 0 aliphatic rings. The van der Waals surface area contributed by atoms with Crippen LogP contribution in [0.25, 0.3) is 11.1 Å². The summed E-state index contributed by atoms with van der Waals surface area (Å²) in [4.78, 5) is 26.0. The number of hydrogen-bond acceptors (Lipinski definition) is 5. The van der Waals surface area contributed by atoms with Crippen molar-refractivity contribution >= 4 is 33.1 Å². The smallest absolute Gasteiger partial charge is 0.412 e. The second kappa shape index (κ2) is 10.9. The van der Waals surface area contributed by atoms with E-state index in [1.807, 2.05) is 6.92 Å². The average Bonchev–Trinajstić information content (AvgIpc) is 2.79. The van der Waals surface area contributed by atoms with Gasteiger partial charge in [-0.25, -0.2) is 17.8 Å². The van der Waals surface area contributed by atoms with Crippen molar-refractivity contribution in [2.45, 2.75) is 38.2 Å². The van der Waals surface area contributed by atoms with Crippen molar-refractivity contribution in [3.05, 3.63) is 78.1 Å². The molecule has 0 aromatic heterocycles. The van der Waals surface area contributed by atoms with Gasteiger partial charge < -0.3 is 10.1 Å². The first-order valence-electron chi connectivity index (χ1n) is 11.4. The third-order valence-electron chi connectivity index (χ3n) is 5.01. The second-order valence-corrected chi connectivity index (χ2v) is 11.5. The summed E-state index contributed by atoms with van der Waals surface area (Å²) in [6.07, 6.45) is 0.885. The van der Waals surface area contributed by atoms with Crippen LogP contribution >= 0.6 is 0 Å². The highest BCUT2D eigenvalue weighted by atomic mass is 32.2. The van der Waals surface area contributed by atoms with Gasteiger partial charge in [0, 0.05) is 23.3 Å². The number of halogens is 1. The maximum absolute atomic E-state index is 13.4. The zero-order valence-electron chi connectivity index (χ0n) is 20.9. The molecule has 0 aliphatic carbocycles. The molecule has 190 valence electrons. The van der Waals surface area contributed by atoms with E-state index in [2.05, 4.69) is 15.0 Å². The second-order valence-electron chi connectivity index (χ2n) is 9.12. The summed E-state index contributed by atoms with van der Waals surface area (Å²) in [6, 6.07) is 17.4. The number of ether oxygens (including phenoxy) is 1. The Bertz CT molecular complexity index is 1370. The minimum Gasteiger partial charge on any atom is -0.444 e. The number of hydrogen-bond donors (Lipinski definition) is 2. The van der Waals surface area contributed by atoms with Crippen LogP contribution in [-0.2, 0) is 14.5 Å². The molecular formula is C27H30FN3O4S. The molecule has 3 aromatic carbocycles. The first kappa shape index (κ1) is 26.9. The van der Waals surface area contributed by atoms with E-state index in [1.54, 1.807) is 81.6 Å². The molecule has 2 amide bonds. The lowest BCUT2D eigenvalue weighted by molar-refractivity contribution is 0.0635. The van der Waals surface area contributed by atoms with Gasteiger partial charge in [-0.3, -0.25) is 10.1 Å². The van der Waals surface area contributed by atoms with Crippen LogP contribution in [0, 0.1) is 5.82 Å². The van der Waals surface area contributed by atoms with E-state index in [0.717, 1.165) is 5.56 Å². The molecule has 0 saturated carbocycles. The van der Waals surface area contributed by atoms with Gasteiger partial charge in [0.1, 0.15) is 11.4 Å². The van der Waals surface area contributed by atoms with E-state index in [9.17, 15) is 18.2 Å². The molecule has 0 heterocycles. The van der Waals surface area contributed by atoms with Crippen LogP contribution in [0.5, 0.6) is 0 Å². The number of nitrogens with one attached hydrogen (secondary N) is 2. The van der Waals surface area contributed by atoms with Crippen molar-refractivity contribution in [1.29, 1.82) is 0 Å². The summed E-state index contributed by atoms with van der Waals surface area (Å²) >= 11 is 0. The maximum Gasteiger partial charge on any atom is 0.412 e. The van der Waals surface area contributed by atoms with Gasteiger partial charge in [-0.1, -0.05) is 18.2 Å². The Balaban J connectivity index is 1.93. The molecule has 0 fully saturated rings. The lowest BCUT2D eigenvalue weighted by Gasteiger charge is -2.21. The molecule has 7 nitrogen and oxygen atoms in total. The fourth-order valence-corrected chi connectivity index (χ4v) is 4.65. The Labute approximate surface area is 211 Å². The van der Waals surface area contributed by atoms with Crippen LogP contribution in [0.15, 0.2) is 76.0 Å². The predicted octanol–water partition coefficient (Wildman–Crippen LogP) is 6.57. The quantitative estimate of drug-likeness (QED) is 0.391. The van der Waals surface area contributed by atoms with E-state index < -0.39 is 27.3 Å². The number of nitrogens with zero attached hydrogens (tertiary/aromatic N) is 1. The van der Waals surface area contributed by atoms with Crippen molar-refractivity contribution in [2.24, 2.45) is 4.36 Å². The Kier molecular flexibility index (Phi) is 8.14. The summed E-state index contributed by atoms with van der Waals surface area (Å²) in [6.45, 7) is 7.49. The van der Waals surface area contributed by atoms with Gasteiger partial charge in [-0.2, -0.15) is 0 Å². The van der Waals surface area contributed by atoms with Gasteiger partial charge in [0.25, 0.3) is 5.91 Å². The molecule has 3 rings (SSSR count). The van der Waals surface area contributed by atoms with Crippen molar-refractivity contribution in [3.8, 4) is 11.1 Å². The number of benzene rings is 3. The SMILES string of the molecule is CCN=S(C)(=O)c1ccc(C(=O)Nc2cc(-c3ccc(F)cc3)ccc2NC(=O)OC(C)(C)C)cc1. The summed E-state index contributed by atoms with van der Waals surface area (Å²) in [7, 11) is -2.53. The Morgan fingerprint density at radius 3 is 2.11 bits per heavy atom. The summed E-state index contributed by atoms with van der Waals surface area (Å²) < 4.78 is 35.5. The summed E-state index contributed by atoms with van der Waals surface area (Å²) in [5.41, 5.74) is 1.74. The van der Waals surface area contributed by atoms with Crippen molar-refractivity contribution in [2.75, 3.05) is 23.4 Å². The standard InChI is InChI=1S/C27H30FN3O4S/c1-6-29-36(5,34)22-14-9-19(10-15-22)25(32)30-24-17-20(18-7-12-21(28)13-8-18)11-16-23(24)31-26(33)35-27(2,3)4/h7-17H,6H2,1-5H3,(H,30,32)(H,31,33). The number of carbonyl (C=O) groups excluding carboxylic acids is 2. The number of rotatable bonds is 6. The molecule has 0 saturated heterocycles. The molecule has 9 heteroatoms. The van der Waals surface area contributed by atoms with Gasteiger partial charge in [0.2, 0.25) is 0 Å². The lowest BCUT2D eigenvalue weighted by Crippen LogP contribution is -2.27. The maximum atomic E-state index is 13.4. The largest absolute Gasteiger partial charge is 0.444 e. The van der Waals surface area contributed by atoms with E-state index in [0.29, 0.717) is 33.9 Å². The van der Waals surface area contributed by atoms with Gasteiger partial charge >= 0.3 is 6.09 Å². The number of anilines is 2. The van der Waals surface area contributed by atoms with E-state index in [4.69, 9.17) is 4.74 Å². The molecule has 3 aromatic rings. The summed E-state index contributed by atoms with van der Waals surface area (Å²) in [5.74, 6) is -0.790. The molecule has 2 N–H and O–H groups in total. The van der Waals surface area contributed by atoms with E-state index >= 15 is 0 Å². The zero-order valence-corrected chi connectivity index (χ0v) is 21.7. The monoisotopic (exact) mass is 511 g/mol. The van der Waals surface area contributed by atoms with Crippen LogP contribution in [-0.4, -0.2) is 34.6 Å². The Hall–Kier alpha value is -3.72. The first-order valence-corrected chi connectivity index (χ1v) is 13.3.